The van der Waals surface area contributed by atoms with Gasteiger partial charge in [-0.2, -0.15) is 0 Å². The first-order chi connectivity index (χ1) is 9.79. The lowest BCUT2D eigenvalue weighted by atomic mass is 10.1. The minimum atomic E-state index is 1.12. The highest BCUT2D eigenvalue weighted by Gasteiger charge is 2.23. The summed E-state index contributed by atoms with van der Waals surface area (Å²) >= 11 is 0. The van der Waals surface area contributed by atoms with Crippen LogP contribution in [0.1, 0.15) is 78.1 Å². The van der Waals surface area contributed by atoms with Crippen molar-refractivity contribution in [3.05, 3.63) is 12.8 Å². The van der Waals surface area contributed by atoms with Gasteiger partial charge in [-0.05, 0) is 12.8 Å². The van der Waals surface area contributed by atoms with Gasteiger partial charge >= 0.3 is 0 Å². The second-order valence-corrected chi connectivity index (χ2v) is 6.09. The van der Waals surface area contributed by atoms with Crippen molar-refractivity contribution in [1.82, 2.24) is 4.90 Å². The van der Waals surface area contributed by atoms with Gasteiger partial charge in [-0.25, -0.2) is 4.90 Å². The summed E-state index contributed by atoms with van der Waals surface area (Å²) < 4.78 is 2.51. The Labute approximate surface area is 126 Å². The van der Waals surface area contributed by atoms with Crippen molar-refractivity contribution in [2.75, 3.05) is 19.6 Å². The zero-order valence-corrected chi connectivity index (χ0v) is 13.9. The van der Waals surface area contributed by atoms with E-state index >= 15 is 0 Å². The van der Waals surface area contributed by atoms with Crippen molar-refractivity contribution in [2.24, 2.45) is 0 Å². The fraction of sp³-hybridized carbons (Fsp3) is 0.833. The minimum absolute atomic E-state index is 1.12. The largest absolute Gasteiger partial charge is 0.262 e. The Morgan fingerprint density at radius 1 is 1.00 bits per heavy atom. The molecule has 0 spiro atoms. The molecule has 1 aliphatic rings. The van der Waals surface area contributed by atoms with Crippen molar-refractivity contribution in [2.45, 2.75) is 78.1 Å². The molecule has 0 aromatic heterocycles. The third kappa shape index (κ3) is 6.58. The molecule has 0 fully saturated rings. The number of amidine groups is 1. The second-order valence-electron chi connectivity index (χ2n) is 6.09. The van der Waals surface area contributed by atoms with Crippen molar-refractivity contribution >= 4 is 5.84 Å². The molecule has 0 saturated heterocycles. The first-order valence-electron chi connectivity index (χ1n) is 8.77. The molecule has 0 radical (unpaired) electrons. The number of nitrogens with zero attached hydrogens (tertiary/aromatic N) is 2. The van der Waals surface area contributed by atoms with Crippen LogP contribution in [0.2, 0.25) is 0 Å². The Hall–Kier alpha value is -0.790. The molecule has 1 rings (SSSR count). The van der Waals surface area contributed by atoms with Gasteiger partial charge in [0.25, 0.3) is 0 Å². The summed E-state index contributed by atoms with van der Waals surface area (Å²) in [5.41, 5.74) is 0. The van der Waals surface area contributed by atoms with Crippen LogP contribution in [0, 0.1) is 0 Å². The second kappa shape index (κ2) is 10.9. The Morgan fingerprint density at radius 3 is 2.05 bits per heavy atom. The molecular weight excluding hydrogens is 244 g/mol. The van der Waals surface area contributed by atoms with Gasteiger partial charge in [0.2, 0.25) is 5.84 Å². The summed E-state index contributed by atoms with van der Waals surface area (Å²) in [6.45, 7) is 11.9. The Kier molecular flexibility index (Phi) is 9.44. The van der Waals surface area contributed by atoms with Gasteiger partial charge in [0.1, 0.15) is 13.1 Å². The van der Waals surface area contributed by atoms with Crippen LogP contribution in [-0.2, 0) is 0 Å². The molecule has 0 amide bonds. The topological polar surface area (TPSA) is 6.25 Å². The van der Waals surface area contributed by atoms with Crippen LogP contribution in [0.3, 0.4) is 0 Å². The highest BCUT2D eigenvalue weighted by molar-refractivity contribution is 5.76. The number of unbranched alkanes of at least 4 members (excludes halogenated alkanes) is 9. The lowest BCUT2D eigenvalue weighted by molar-refractivity contribution is -0.519. The normalized spacial score (nSPS) is 15.2. The van der Waals surface area contributed by atoms with E-state index in [1.807, 2.05) is 6.20 Å². The smallest absolute Gasteiger partial charge is 0.248 e. The van der Waals surface area contributed by atoms with Gasteiger partial charge in [-0.15, -0.1) is 0 Å². The van der Waals surface area contributed by atoms with Crippen molar-refractivity contribution in [3.63, 3.8) is 0 Å². The summed E-state index contributed by atoms with van der Waals surface area (Å²) in [5.74, 6) is 1.39. The molecule has 0 N–H and O–H groups in total. The van der Waals surface area contributed by atoms with Crippen molar-refractivity contribution in [3.8, 4) is 0 Å². The van der Waals surface area contributed by atoms with E-state index < -0.39 is 0 Å². The van der Waals surface area contributed by atoms with E-state index in [1.165, 1.54) is 83.1 Å². The van der Waals surface area contributed by atoms with E-state index in [2.05, 4.69) is 29.9 Å². The van der Waals surface area contributed by atoms with Crippen LogP contribution in [-0.4, -0.2) is 34.9 Å². The van der Waals surface area contributed by atoms with Crippen molar-refractivity contribution in [1.29, 1.82) is 0 Å². The highest BCUT2D eigenvalue weighted by Crippen LogP contribution is 2.11. The van der Waals surface area contributed by atoms with Gasteiger partial charge in [-0.3, -0.25) is 4.58 Å². The predicted octanol–water partition coefficient (Wildman–Crippen LogP) is 4.80. The lowest BCUT2D eigenvalue weighted by Crippen LogP contribution is -2.21. The van der Waals surface area contributed by atoms with E-state index in [0.29, 0.717) is 0 Å². The zero-order chi connectivity index (χ0) is 14.6. The number of rotatable bonds is 12. The monoisotopic (exact) mass is 279 g/mol. The Bertz CT molecular complexity index is 294. The summed E-state index contributed by atoms with van der Waals surface area (Å²) in [6.07, 6.45) is 16.1. The molecular formula is C18H35N2+. The van der Waals surface area contributed by atoms with E-state index in [-0.39, 0.29) is 0 Å². The molecule has 0 aliphatic carbocycles. The van der Waals surface area contributed by atoms with Crippen molar-refractivity contribution < 1.29 is 4.58 Å². The van der Waals surface area contributed by atoms with Gasteiger partial charge < -0.3 is 0 Å². The number of hydrogen-bond donors (Lipinski definition) is 0. The fourth-order valence-corrected chi connectivity index (χ4v) is 3.02. The third-order valence-corrected chi connectivity index (χ3v) is 4.49. The Morgan fingerprint density at radius 2 is 1.55 bits per heavy atom. The number of hydrogen-bond acceptors (Lipinski definition) is 1. The molecule has 1 heterocycles. The lowest BCUT2D eigenvalue weighted by Gasteiger charge is -2.04. The minimum Gasteiger partial charge on any atom is -0.262 e. The molecule has 20 heavy (non-hydrogen) atoms. The summed E-state index contributed by atoms with van der Waals surface area (Å²) in [6, 6.07) is 0. The Balaban J connectivity index is 1.93. The molecule has 1 aliphatic heterocycles. The average Bonchev–Trinajstić information content (AvgIpc) is 2.81. The quantitative estimate of drug-likeness (QED) is 0.367. The standard InChI is InChI=1S/C18H35N2/c1-4-6-7-8-9-10-11-12-13-14-15-20-17-16-19(5-2)18(20)3/h5H,2,4,6-17H2,1,3H3/q+1. The maximum Gasteiger partial charge on any atom is 0.248 e. The molecule has 2 nitrogen and oxygen atoms in total. The SMILES string of the molecule is C=CN1CC[N+](CCCCCCCCCCCC)=C1C. The van der Waals surface area contributed by atoms with E-state index in [4.69, 9.17) is 0 Å². The van der Waals surface area contributed by atoms with Crippen LogP contribution in [0.15, 0.2) is 12.8 Å². The molecule has 2 heteroatoms. The summed E-state index contributed by atoms with van der Waals surface area (Å²) in [7, 11) is 0. The maximum absolute atomic E-state index is 3.86. The zero-order valence-electron chi connectivity index (χ0n) is 13.9. The van der Waals surface area contributed by atoms with E-state index in [1.54, 1.807) is 0 Å². The van der Waals surface area contributed by atoms with Gasteiger partial charge in [0.15, 0.2) is 0 Å². The van der Waals surface area contributed by atoms with Crippen LogP contribution in [0.5, 0.6) is 0 Å². The average molecular weight is 279 g/mol. The summed E-state index contributed by atoms with van der Waals surface area (Å²) in [4.78, 5) is 2.26. The third-order valence-electron chi connectivity index (χ3n) is 4.49. The fourth-order valence-electron chi connectivity index (χ4n) is 3.02. The molecule has 0 atom stereocenters. The van der Waals surface area contributed by atoms with E-state index in [9.17, 15) is 0 Å². The molecule has 116 valence electrons. The highest BCUT2D eigenvalue weighted by atomic mass is 15.3. The first-order valence-corrected chi connectivity index (χ1v) is 8.77. The molecule has 0 unspecified atom stereocenters. The van der Waals surface area contributed by atoms with Gasteiger partial charge in [-0.1, -0.05) is 64.9 Å². The van der Waals surface area contributed by atoms with Crippen LogP contribution in [0.4, 0.5) is 0 Å². The molecule has 0 aromatic rings. The van der Waals surface area contributed by atoms with Gasteiger partial charge in [0, 0.05) is 6.92 Å². The predicted molar refractivity (Wildman–Crippen MR) is 89.4 cm³/mol. The van der Waals surface area contributed by atoms with Crippen LogP contribution >= 0.6 is 0 Å². The summed E-state index contributed by atoms with van der Waals surface area (Å²) in [5, 5.41) is 0. The molecule has 0 saturated carbocycles. The van der Waals surface area contributed by atoms with Gasteiger partial charge in [0.05, 0.1) is 12.7 Å². The molecule has 0 bridgehead atoms. The van der Waals surface area contributed by atoms with Crippen LogP contribution < -0.4 is 0 Å². The maximum atomic E-state index is 3.86. The first kappa shape index (κ1) is 17.3. The molecule has 0 aromatic carbocycles. The van der Waals surface area contributed by atoms with E-state index in [0.717, 1.165) is 6.54 Å². The van der Waals surface area contributed by atoms with Crippen LogP contribution in [0.25, 0.3) is 0 Å².